The van der Waals surface area contributed by atoms with E-state index in [1.165, 1.54) is 12.1 Å². The summed E-state index contributed by atoms with van der Waals surface area (Å²) in [6.07, 6.45) is 0.312. The third-order valence-corrected chi connectivity index (χ3v) is 3.62. The maximum absolute atomic E-state index is 13.2. The van der Waals surface area contributed by atoms with Gasteiger partial charge in [-0.25, -0.2) is 9.18 Å². The van der Waals surface area contributed by atoms with Crippen molar-refractivity contribution in [2.75, 3.05) is 10.6 Å². The molecule has 0 bridgehead atoms. The van der Waals surface area contributed by atoms with Crippen LogP contribution in [0, 0.1) is 12.7 Å². The van der Waals surface area contributed by atoms with E-state index in [1.807, 2.05) is 0 Å². The van der Waals surface area contributed by atoms with Crippen LogP contribution in [0.5, 0.6) is 5.75 Å². The van der Waals surface area contributed by atoms with Crippen LogP contribution in [0.1, 0.15) is 17.5 Å². The van der Waals surface area contributed by atoms with Gasteiger partial charge in [0.2, 0.25) is 5.91 Å². The maximum atomic E-state index is 13.2. The predicted molar refractivity (Wildman–Crippen MR) is 84.2 cm³/mol. The van der Waals surface area contributed by atoms with Crippen molar-refractivity contribution < 1.29 is 18.7 Å². The van der Waals surface area contributed by atoms with Crippen LogP contribution in [0.4, 0.5) is 20.6 Å². The van der Waals surface area contributed by atoms with E-state index >= 15 is 0 Å². The summed E-state index contributed by atoms with van der Waals surface area (Å²) in [5.74, 6) is -0.0904. The summed E-state index contributed by atoms with van der Waals surface area (Å²) in [6.45, 7) is 1.76. The average molecular weight is 314 g/mol. The fourth-order valence-corrected chi connectivity index (χ4v) is 2.39. The second-order valence-corrected chi connectivity index (χ2v) is 5.34. The number of halogens is 1. The highest BCUT2D eigenvalue weighted by Gasteiger charge is 2.16. The normalized spacial score (nSPS) is 13.0. The third kappa shape index (κ3) is 3.48. The lowest BCUT2D eigenvalue weighted by atomic mass is 10.0. The Morgan fingerprint density at radius 1 is 1.22 bits per heavy atom. The second kappa shape index (κ2) is 6.08. The summed E-state index contributed by atoms with van der Waals surface area (Å²) in [5, 5.41) is 5.27. The molecule has 2 aromatic carbocycles. The zero-order chi connectivity index (χ0) is 16.4. The molecule has 2 N–H and O–H groups in total. The molecule has 1 aliphatic rings. The molecule has 0 spiro atoms. The molecule has 1 aliphatic heterocycles. The molecule has 5 nitrogen and oxygen atoms in total. The third-order valence-electron chi connectivity index (χ3n) is 3.62. The fraction of sp³-hybridized carbons (Fsp3) is 0.176. The molecule has 6 heteroatoms. The molecule has 23 heavy (non-hydrogen) atoms. The molecule has 0 aliphatic carbocycles. The monoisotopic (exact) mass is 314 g/mol. The van der Waals surface area contributed by atoms with Crippen LogP contribution in [0.2, 0.25) is 0 Å². The van der Waals surface area contributed by atoms with Gasteiger partial charge in [0.1, 0.15) is 11.6 Å². The molecule has 0 atom stereocenters. The SMILES string of the molecule is Cc1ccc(F)cc1NC(=O)Oc1ccc2c(c1)CCC(=O)N2. The lowest BCUT2D eigenvalue weighted by Gasteiger charge is -2.17. The zero-order valence-electron chi connectivity index (χ0n) is 12.5. The van der Waals surface area contributed by atoms with E-state index in [4.69, 9.17) is 4.74 Å². The minimum absolute atomic E-state index is 0.0227. The quantitative estimate of drug-likeness (QED) is 0.889. The molecule has 0 unspecified atom stereocenters. The van der Waals surface area contributed by atoms with E-state index in [0.29, 0.717) is 24.3 Å². The number of hydrogen-bond acceptors (Lipinski definition) is 3. The Balaban J connectivity index is 1.71. The molecule has 0 aromatic heterocycles. The number of nitrogens with one attached hydrogen (secondary N) is 2. The molecule has 0 saturated carbocycles. The summed E-state index contributed by atoms with van der Waals surface area (Å²) in [7, 11) is 0. The fourth-order valence-electron chi connectivity index (χ4n) is 2.39. The van der Waals surface area contributed by atoms with Gasteiger partial charge in [-0.2, -0.15) is 0 Å². The molecule has 0 saturated heterocycles. The van der Waals surface area contributed by atoms with Gasteiger partial charge in [0, 0.05) is 17.8 Å². The highest BCUT2D eigenvalue weighted by molar-refractivity contribution is 5.94. The first-order valence-corrected chi connectivity index (χ1v) is 7.19. The van der Waals surface area contributed by atoms with Crippen molar-refractivity contribution in [1.29, 1.82) is 0 Å². The van der Waals surface area contributed by atoms with Gasteiger partial charge < -0.3 is 10.1 Å². The van der Waals surface area contributed by atoms with Crippen LogP contribution < -0.4 is 15.4 Å². The van der Waals surface area contributed by atoms with Crippen LogP contribution in [0.3, 0.4) is 0 Å². The number of rotatable bonds is 2. The van der Waals surface area contributed by atoms with Crippen molar-refractivity contribution in [2.24, 2.45) is 0 Å². The minimum atomic E-state index is -0.696. The van der Waals surface area contributed by atoms with Crippen molar-refractivity contribution in [3.63, 3.8) is 0 Å². The standard InChI is InChI=1S/C17H15FN2O3/c1-10-2-4-12(18)9-15(10)20-17(22)23-13-5-6-14-11(8-13)3-7-16(21)19-14/h2,4-6,8-9H,3,7H2,1H3,(H,19,21)(H,20,22). The van der Waals surface area contributed by atoms with Gasteiger partial charge in [-0.05, 0) is 54.8 Å². The van der Waals surface area contributed by atoms with E-state index in [0.717, 1.165) is 16.8 Å². The van der Waals surface area contributed by atoms with Crippen molar-refractivity contribution in [2.45, 2.75) is 19.8 Å². The Hall–Kier alpha value is -2.89. The average Bonchev–Trinajstić information content (AvgIpc) is 2.51. The summed E-state index contributed by atoms with van der Waals surface area (Å²) >= 11 is 0. The largest absolute Gasteiger partial charge is 0.417 e. The van der Waals surface area contributed by atoms with Gasteiger partial charge in [0.15, 0.2) is 0 Å². The summed E-state index contributed by atoms with van der Waals surface area (Å²) in [4.78, 5) is 23.3. The van der Waals surface area contributed by atoms with Gasteiger partial charge in [-0.15, -0.1) is 0 Å². The van der Waals surface area contributed by atoms with Crippen molar-refractivity contribution in [3.05, 3.63) is 53.3 Å². The summed E-state index contributed by atoms with van der Waals surface area (Å²) in [5.41, 5.74) is 2.74. The van der Waals surface area contributed by atoms with Crippen molar-refractivity contribution in [3.8, 4) is 5.75 Å². The van der Waals surface area contributed by atoms with E-state index in [9.17, 15) is 14.0 Å². The summed E-state index contributed by atoms with van der Waals surface area (Å²) in [6, 6.07) is 9.15. The number of amides is 2. The zero-order valence-corrected chi connectivity index (χ0v) is 12.5. The first-order valence-electron chi connectivity index (χ1n) is 7.19. The van der Waals surface area contributed by atoms with Gasteiger partial charge in [0.25, 0.3) is 0 Å². The van der Waals surface area contributed by atoms with Crippen LogP contribution in [-0.4, -0.2) is 12.0 Å². The Morgan fingerprint density at radius 3 is 2.87 bits per heavy atom. The lowest BCUT2D eigenvalue weighted by molar-refractivity contribution is -0.116. The first kappa shape index (κ1) is 15.0. The molecule has 2 aromatic rings. The molecular formula is C17H15FN2O3. The Bertz CT molecular complexity index is 789. The first-order chi connectivity index (χ1) is 11.0. The number of aryl methyl sites for hydroxylation is 2. The molecular weight excluding hydrogens is 299 g/mol. The number of hydrogen-bond donors (Lipinski definition) is 2. The smallest absolute Gasteiger partial charge is 0.410 e. The topological polar surface area (TPSA) is 67.4 Å². The van der Waals surface area contributed by atoms with Gasteiger partial charge in [-0.1, -0.05) is 6.07 Å². The number of carbonyl (C=O) groups excluding carboxylic acids is 2. The number of ether oxygens (including phenoxy) is 1. The van der Waals surface area contributed by atoms with E-state index in [2.05, 4.69) is 10.6 Å². The molecule has 3 rings (SSSR count). The highest BCUT2D eigenvalue weighted by Crippen LogP contribution is 2.27. The highest BCUT2D eigenvalue weighted by atomic mass is 19.1. The Kier molecular flexibility index (Phi) is 3.97. The minimum Gasteiger partial charge on any atom is -0.410 e. The van der Waals surface area contributed by atoms with Crippen LogP contribution in [0.15, 0.2) is 36.4 Å². The number of carbonyl (C=O) groups is 2. The molecule has 0 radical (unpaired) electrons. The van der Waals surface area contributed by atoms with E-state index in [-0.39, 0.29) is 5.91 Å². The van der Waals surface area contributed by atoms with Crippen LogP contribution in [-0.2, 0) is 11.2 Å². The number of anilines is 2. The number of benzene rings is 2. The van der Waals surface area contributed by atoms with Crippen LogP contribution in [0.25, 0.3) is 0 Å². The molecule has 2 amide bonds. The van der Waals surface area contributed by atoms with E-state index in [1.54, 1.807) is 31.2 Å². The number of fused-ring (bicyclic) bond motifs is 1. The second-order valence-electron chi connectivity index (χ2n) is 5.34. The Morgan fingerprint density at radius 2 is 2.04 bits per heavy atom. The molecule has 0 fully saturated rings. The van der Waals surface area contributed by atoms with Gasteiger partial charge in [-0.3, -0.25) is 10.1 Å². The van der Waals surface area contributed by atoms with Crippen LogP contribution >= 0.6 is 0 Å². The summed E-state index contributed by atoms with van der Waals surface area (Å²) < 4.78 is 18.4. The van der Waals surface area contributed by atoms with Gasteiger partial charge in [0.05, 0.1) is 0 Å². The predicted octanol–water partition coefficient (Wildman–Crippen LogP) is 3.63. The lowest BCUT2D eigenvalue weighted by Crippen LogP contribution is -2.20. The molecule has 1 heterocycles. The van der Waals surface area contributed by atoms with E-state index < -0.39 is 11.9 Å². The van der Waals surface area contributed by atoms with Gasteiger partial charge >= 0.3 is 6.09 Å². The van der Waals surface area contributed by atoms with Crippen molar-refractivity contribution in [1.82, 2.24) is 0 Å². The Labute approximate surface area is 132 Å². The van der Waals surface area contributed by atoms with Crippen molar-refractivity contribution >= 4 is 23.4 Å². The maximum Gasteiger partial charge on any atom is 0.417 e. The molecule has 118 valence electrons.